The normalized spacial score (nSPS) is 15.9. The van der Waals surface area contributed by atoms with Crippen molar-refractivity contribution in [1.82, 2.24) is 9.97 Å². The minimum absolute atomic E-state index is 0.716. The summed E-state index contributed by atoms with van der Waals surface area (Å²) < 4.78 is 0. The van der Waals surface area contributed by atoms with E-state index in [1.165, 1.54) is 18.5 Å². The van der Waals surface area contributed by atoms with Gasteiger partial charge in [-0.1, -0.05) is 0 Å². The van der Waals surface area contributed by atoms with Crippen LogP contribution < -0.4 is 5.73 Å². The summed E-state index contributed by atoms with van der Waals surface area (Å²) in [5.74, 6) is 1.62. The molecule has 0 unspecified atom stereocenters. The lowest BCUT2D eigenvalue weighted by atomic mass is 10.2. The minimum atomic E-state index is 0.716. The molecular weight excluding hydrogens is 174 g/mol. The van der Waals surface area contributed by atoms with Crippen LogP contribution in [0.3, 0.4) is 0 Å². The Morgan fingerprint density at radius 1 is 1.43 bits per heavy atom. The second kappa shape index (κ2) is 4.05. The molecule has 1 aromatic rings. The van der Waals surface area contributed by atoms with Gasteiger partial charge in [-0.3, -0.25) is 0 Å². The van der Waals surface area contributed by atoms with Crippen LogP contribution in [-0.4, -0.2) is 16.5 Å². The van der Waals surface area contributed by atoms with E-state index in [4.69, 9.17) is 5.73 Å². The Bertz CT molecular complexity index is 318. The summed E-state index contributed by atoms with van der Waals surface area (Å²) in [5, 5.41) is 0. The van der Waals surface area contributed by atoms with E-state index in [0.29, 0.717) is 5.92 Å². The SMILES string of the molecule is Cc1nc(CCCN)cc(C2CC2)n1. The number of aromatic nitrogens is 2. The fourth-order valence-electron chi connectivity index (χ4n) is 1.65. The Labute approximate surface area is 84.8 Å². The molecule has 2 N–H and O–H groups in total. The highest BCUT2D eigenvalue weighted by Crippen LogP contribution is 2.39. The van der Waals surface area contributed by atoms with Crippen molar-refractivity contribution >= 4 is 0 Å². The van der Waals surface area contributed by atoms with E-state index < -0.39 is 0 Å². The molecule has 3 heteroatoms. The predicted octanol–water partition coefficient (Wildman–Crippen LogP) is 1.55. The topological polar surface area (TPSA) is 51.8 Å². The second-order valence-electron chi connectivity index (χ2n) is 4.00. The molecule has 0 amide bonds. The van der Waals surface area contributed by atoms with Gasteiger partial charge in [0.2, 0.25) is 0 Å². The van der Waals surface area contributed by atoms with Gasteiger partial charge in [-0.05, 0) is 45.2 Å². The summed E-state index contributed by atoms with van der Waals surface area (Å²) in [6.45, 7) is 2.71. The highest BCUT2D eigenvalue weighted by molar-refractivity contribution is 5.19. The highest BCUT2D eigenvalue weighted by atomic mass is 14.9. The average molecular weight is 191 g/mol. The van der Waals surface area contributed by atoms with Crippen molar-refractivity contribution in [2.75, 3.05) is 6.54 Å². The van der Waals surface area contributed by atoms with E-state index in [0.717, 1.165) is 30.9 Å². The van der Waals surface area contributed by atoms with Gasteiger partial charge in [0.05, 0.1) is 0 Å². The Morgan fingerprint density at radius 3 is 2.86 bits per heavy atom. The lowest BCUT2D eigenvalue weighted by molar-refractivity contribution is 0.788. The Balaban J connectivity index is 2.13. The first kappa shape index (κ1) is 9.59. The highest BCUT2D eigenvalue weighted by Gasteiger charge is 2.25. The third-order valence-corrected chi connectivity index (χ3v) is 2.54. The van der Waals surface area contributed by atoms with Gasteiger partial charge in [0, 0.05) is 17.3 Å². The molecule has 1 saturated carbocycles. The fourth-order valence-corrected chi connectivity index (χ4v) is 1.65. The van der Waals surface area contributed by atoms with Gasteiger partial charge in [-0.15, -0.1) is 0 Å². The third kappa shape index (κ3) is 2.29. The maximum absolute atomic E-state index is 5.48. The number of nitrogens with zero attached hydrogens (tertiary/aromatic N) is 2. The molecule has 1 heterocycles. The molecule has 1 aliphatic rings. The summed E-state index contributed by atoms with van der Waals surface area (Å²) in [6, 6.07) is 2.15. The van der Waals surface area contributed by atoms with E-state index in [1.54, 1.807) is 0 Å². The maximum Gasteiger partial charge on any atom is 0.125 e. The minimum Gasteiger partial charge on any atom is -0.330 e. The van der Waals surface area contributed by atoms with Crippen molar-refractivity contribution in [2.45, 2.75) is 38.5 Å². The Morgan fingerprint density at radius 2 is 2.21 bits per heavy atom. The largest absolute Gasteiger partial charge is 0.330 e. The van der Waals surface area contributed by atoms with Crippen molar-refractivity contribution in [3.05, 3.63) is 23.3 Å². The van der Waals surface area contributed by atoms with Crippen molar-refractivity contribution in [1.29, 1.82) is 0 Å². The second-order valence-corrected chi connectivity index (χ2v) is 4.00. The number of nitrogens with two attached hydrogens (primary N) is 1. The summed E-state index contributed by atoms with van der Waals surface area (Å²) in [4.78, 5) is 8.88. The number of aryl methyl sites for hydroxylation is 2. The quantitative estimate of drug-likeness (QED) is 0.785. The molecular formula is C11H17N3. The molecule has 0 aliphatic heterocycles. The number of hydrogen-bond acceptors (Lipinski definition) is 3. The molecule has 76 valence electrons. The standard InChI is InChI=1S/C11H17N3/c1-8-13-10(3-2-6-12)7-11(14-8)9-4-5-9/h7,9H,2-6,12H2,1H3. The van der Waals surface area contributed by atoms with Crippen LogP contribution in [0.1, 0.15) is 42.4 Å². The van der Waals surface area contributed by atoms with Crippen molar-refractivity contribution in [3.8, 4) is 0 Å². The van der Waals surface area contributed by atoms with Gasteiger partial charge < -0.3 is 5.73 Å². The average Bonchev–Trinajstić information content (AvgIpc) is 2.97. The van der Waals surface area contributed by atoms with Crippen LogP contribution in [0.2, 0.25) is 0 Å². The van der Waals surface area contributed by atoms with Gasteiger partial charge in [0.15, 0.2) is 0 Å². The molecule has 1 aliphatic carbocycles. The number of rotatable bonds is 4. The molecule has 0 aromatic carbocycles. The monoisotopic (exact) mass is 191 g/mol. The fraction of sp³-hybridized carbons (Fsp3) is 0.636. The van der Waals surface area contributed by atoms with Crippen LogP contribution in [-0.2, 0) is 6.42 Å². The molecule has 1 aromatic heterocycles. The molecule has 1 fully saturated rings. The first-order valence-electron chi connectivity index (χ1n) is 5.34. The first-order valence-corrected chi connectivity index (χ1v) is 5.34. The molecule has 2 rings (SSSR count). The van der Waals surface area contributed by atoms with E-state index >= 15 is 0 Å². The van der Waals surface area contributed by atoms with E-state index in [-0.39, 0.29) is 0 Å². The van der Waals surface area contributed by atoms with Crippen LogP contribution in [0.4, 0.5) is 0 Å². The Kier molecular flexibility index (Phi) is 2.77. The zero-order valence-electron chi connectivity index (χ0n) is 8.66. The van der Waals surface area contributed by atoms with Crippen molar-refractivity contribution < 1.29 is 0 Å². The predicted molar refractivity (Wildman–Crippen MR) is 56.1 cm³/mol. The van der Waals surface area contributed by atoms with Crippen LogP contribution in [0, 0.1) is 6.92 Å². The zero-order chi connectivity index (χ0) is 9.97. The van der Waals surface area contributed by atoms with Crippen LogP contribution >= 0.6 is 0 Å². The molecule has 0 atom stereocenters. The van der Waals surface area contributed by atoms with Crippen LogP contribution in [0.25, 0.3) is 0 Å². The molecule has 0 saturated heterocycles. The zero-order valence-corrected chi connectivity index (χ0v) is 8.66. The van der Waals surface area contributed by atoms with Crippen molar-refractivity contribution in [2.24, 2.45) is 5.73 Å². The maximum atomic E-state index is 5.48. The van der Waals surface area contributed by atoms with Gasteiger partial charge >= 0.3 is 0 Å². The molecule has 3 nitrogen and oxygen atoms in total. The summed E-state index contributed by atoms with van der Waals surface area (Å²) >= 11 is 0. The Hall–Kier alpha value is -0.960. The first-order chi connectivity index (χ1) is 6.79. The van der Waals surface area contributed by atoms with Gasteiger partial charge in [0.25, 0.3) is 0 Å². The van der Waals surface area contributed by atoms with E-state index in [2.05, 4.69) is 16.0 Å². The molecule has 0 spiro atoms. The van der Waals surface area contributed by atoms with E-state index in [1.807, 2.05) is 6.92 Å². The molecule has 14 heavy (non-hydrogen) atoms. The van der Waals surface area contributed by atoms with Crippen LogP contribution in [0.15, 0.2) is 6.07 Å². The lowest BCUT2D eigenvalue weighted by Crippen LogP contribution is -2.04. The number of hydrogen-bond donors (Lipinski definition) is 1. The van der Waals surface area contributed by atoms with Crippen LogP contribution in [0.5, 0.6) is 0 Å². The molecule has 0 bridgehead atoms. The van der Waals surface area contributed by atoms with Crippen molar-refractivity contribution in [3.63, 3.8) is 0 Å². The van der Waals surface area contributed by atoms with E-state index in [9.17, 15) is 0 Å². The summed E-state index contributed by atoms with van der Waals surface area (Å²) in [5.41, 5.74) is 7.88. The van der Waals surface area contributed by atoms with Gasteiger partial charge in [0.1, 0.15) is 5.82 Å². The smallest absolute Gasteiger partial charge is 0.125 e. The van der Waals surface area contributed by atoms with Gasteiger partial charge in [-0.2, -0.15) is 0 Å². The molecule has 0 radical (unpaired) electrons. The summed E-state index contributed by atoms with van der Waals surface area (Å²) in [7, 11) is 0. The lowest BCUT2D eigenvalue weighted by Gasteiger charge is -2.04. The third-order valence-electron chi connectivity index (χ3n) is 2.54. The van der Waals surface area contributed by atoms with Gasteiger partial charge in [-0.25, -0.2) is 9.97 Å². The summed E-state index contributed by atoms with van der Waals surface area (Å²) in [6.07, 6.45) is 4.60.